The smallest absolute Gasteiger partial charge is 0.0426 e. The van der Waals surface area contributed by atoms with Gasteiger partial charge < -0.3 is 4.90 Å². The SMILES string of the molecule is Clc1cccc(N2CCN([C@@H]3C[C@H]3c3ccccc3)CC2)c1. The second-order valence-electron chi connectivity index (χ2n) is 6.32. The van der Waals surface area contributed by atoms with Crippen LogP contribution in [0.15, 0.2) is 54.6 Å². The topological polar surface area (TPSA) is 6.48 Å². The third-order valence-corrected chi connectivity index (χ3v) is 5.18. The lowest BCUT2D eigenvalue weighted by atomic mass is 10.1. The first-order valence-corrected chi connectivity index (χ1v) is 8.48. The van der Waals surface area contributed by atoms with Gasteiger partial charge in [-0.05, 0) is 30.2 Å². The molecule has 2 aromatic carbocycles. The van der Waals surface area contributed by atoms with E-state index in [1.807, 2.05) is 12.1 Å². The Kier molecular flexibility index (Phi) is 3.81. The van der Waals surface area contributed by atoms with Crippen LogP contribution in [-0.2, 0) is 0 Å². The van der Waals surface area contributed by atoms with E-state index in [2.05, 4.69) is 52.3 Å². The average molecular weight is 313 g/mol. The van der Waals surface area contributed by atoms with Crippen LogP contribution in [0.1, 0.15) is 17.9 Å². The van der Waals surface area contributed by atoms with Crippen molar-refractivity contribution in [3.05, 3.63) is 65.2 Å². The Labute approximate surface area is 137 Å². The van der Waals surface area contributed by atoms with Crippen molar-refractivity contribution in [3.8, 4) is 0 Å². The summed E-state index contributed by atoms with van der Waals surface area (Å²) in [7, 11) is 0. The maximum Gasteiger partial charge on any atom is 0.0426 e. The predicted molar refractivity (Wildman–Crippen MR) is 92.8 cm³/mol. The molecule has 22 heavy (non-hydrogen) atoms. The minimum Gasteiger partial charge on any atom is -0.369 e. The number of hydrogen-bond acceptors (Lipinski definition) is 2. The van der Waals surface area contributed by atoms with Gasteiger partial charge in [-0.3, -0.25) is 4.90 Å². The third-order valence-electron chi connectivity index (χ3n) is 4.94. The molecule has 1 aliphatic heterocycles. The highest BCUT2D eigenvalue weighted by atomic mass is 35.5. The van der Waals surface area contributed by atoms with Gasteiger partial charge in [0.2, 0.25) is 0 Å². The summed E-state index contributed by atoms with van der Waals surface area (Å²) in [6.45, 7) is 4.50. The summed E-state index contributed by atoms with van der Waals surface area (Å²) in [5.74, 6) is 0.749. The zero-order chi connectivity index (χ0) is 14.9. The van der Waals surface area contributed by atoms with Gasteiger partial charge in [0.25, 0.3) is 0 Å². The van der Waals surface area contributed by atoms with E-state index >= 15 is 0 Å². The first-order chi connectivity index (χ1) is 10.8. The van der Waals surface area contributed by atoms with Crippen LogP contribution >= 0.6 is 11.6 Å². The molecule has 3 heteroatoms. The normalized spacial score (nSPS) is 25.2. The van der Waals surface area contributed by atoms with Crippen molar-refractivity contribution in [1.29, 1.82) is 0 Å². The molecule has 0 bridgehead atoms. The van der Waals surface area contributed by atoms with Crippen LogP contribution in [0, 0.1) is 0 Å². The highest BCUT2D eigenvalue weighted by Crippen LogP contribution is 2.44. The molecule has 1 heterocycles. The average Bonchev–Trinajstić information content (AvgIpc) is 3.37. The first-order valence-electron chi connectivity index (χ1n) is 8.11. The second-order valence-corrected chi connectivity index (χ2v) is 6.76. The maximum atomic E-state index is 6.10. The van der Waals surface area contributed by atoms with E-state index < -0.39 is 0 Å². The van der Waals surface area contributed by atoms with Gasteiger partial charge in [0.15, 0.2) is 0 Å². The van der Waals surface area contributed by atoms with Crippen LogP contribution in [0.2, 0.25) is 5.02 Å². The van der Waals surface area contributed by atoms with Crippen molar-refractivity contribution in [2.75, 3.05) is 31.1 Å². The van der Waals surface area contributed by atoms with Crippen LogP contribution < -0.4 is 4.90 Å². The highest BCUT2D eigenvalue weighted by Gasteiger charge is 2.43. The standard InChI is InChI=1S/C19H21ClN2/c20-16-7-4-8-17(13-16)21-9-11-22(12-10-21)19-14-18(19)15-5-2-1-3-6-15/h1-8,13,18-19H,9-12,14H2/t18-,19+/m0/s1. The molecule has 4 rings (SSSR count). The molecule has 0 spiro atoms. The van der Waals surface area contributed by atoms with E-state index in [0.29, 0.717) is 0 Å². The predicted octanol–water partition coefficient (Wildman–Crippen LogP) is 4.02. The molecule has 2 fully saturated rings. The van der Waals surface area contributed by atoms with Crippen LogP contribution in [0.5, 0.6) is 0 Å². The van der Waals surface area contributed by atoms with Gasteiger partial charge in [0.1, 0.15) is 0 Å². The van der Waals surface area contributed by atoms with E-state index in [9.17, 15) is 0 Å². The molecule has 1 saturated carbocycles. The lowest BCUT2D eigenvalue weighted by Crippen LogP contribution is -2.47. The molecule has 2 atom stereocenters. The van der Waals surface area contributed by atoms with Crippen LogP contribution in [-0.4, -0.2) is 37.1 Å². The summed E-state index contributed by atoms with van der Waals surface area (Å²) in [6, 6.07) is 19.9. The van der Waals surface area contributed by atoms with Gasteiger partial charge in [-0.25, -0.2) is 0 Å². The molecule has 0 aromatic heterocycles. The number of nitrogens with zero attached hydrogens (tertiary/aromatic N) is 2. The summed E-state index contributed by atoms with van der Waals surface area (Å²) < 4.78 is 0. The maximum absolute atomic E-state index is 6.10. The van der Waals surface area contributed by atoms with Crippen molar-refractivity contribution in [2.45, 2.75) is 18.4 Å². The molecule has 1 saturated heterocycles. The van der Waals surface area contributed by atoms with Crippen molar-refractivity contribution >= 4 is 17.3 Å². The molecule has 0 unspecified atom stereocenters. The quantitative estimate of drug-likeness (QED) is 0.844. The Morgan fingerprint density at radius 2 is 1.64 bits per heavy atom. The van der Waals surface area contributed by atoms with Gasteiger partial charge in [0.05, 0.1) is 0 Å². The number of rotatable bonds is 3. The van der Waals surface area contributed by atoms with E-state index in [1.165, 1.54) is 17.7 Å². The lowest BCUT2D eigenvalue weighted by Gasteiger charge is -2.36. The number of benzene rings is 2. The molecule has 2 aliphatic rings. The largest absolute Gasteiger partial charge is 0.369 e. The summed E-state index contributed by atoms with van der Waals surface area (Å²) in [5, 5.41) is 0.825. The Hall–Kier alpha value is -1.51. The van der Waals surface area contributed by atoms with Crippen molar-refractivity contribution in [2.24, 2.45) is 0 Å². The molecular formula is C19H21ClN2. The highest BCUT2D eigenvalue weighted by molar-refractivity contribution is 6.30. The van der Waals surface area contributed by atoms with Crippen LogP contribution in [0.4, 0.5) is 5.69 Å². The van der Waals surface area contributed by atoms with Gasteiger partial charge in [-0.1, -0.05) is 48.0 Å². The number of piperazine rings is 1. The summed E-state index contributed by atoms with van der Waals surface area (Å²) in [5.41, 5.74) is 2.76. The zero-order valence-corrected chi connectivity index (χ0v) is 13.4. The molecule has 2 aromatic rings. The number of halogens is 1. The lowest BCUT2D eigenvalue weighted by molar-refractivity contribution is 0.244. The molecule has 1 aliphatic carbocycles. The summed E-state index contributed by atoms with van der Waals surface area (Å²) in [6.07, 6.45) is 1.32. The van der Waals surface area contributed by atoms with E-state index in [-0.39, 0.29) is 0 Å². The Morgan fingerprint density at radius 1 is 0.864 bits per heavy atom. The van der Waals surface area contributed by atoms with E-state index in [4.69, 9.17) is 11.6 Å². The second kappa shape index (κ2) is 5.94. The fraction of sp³-hybridized carbons (Fsp3) is 0.368. The fourth-order valence-electron chi connectivity index (χ4n) is 3.63. The zero-order valence-electron chi connectivity index (χ0n) is 12.7. The molecule has 0 amide bonds. The van der Waals surface area contributed by atoms with E-state index in [1.54, 1.807) is 0 Å². The molecular weight excluding hydrogens is 292 g/mol. The Balaban J connectivity index is 1.35. The first kappa shape index (κ1) is 14.1. The third kappa shape index (κ3) is 2.86. The Bertz CT molecular complexity index is 635. The minimum atomic E-state index is 0.749. The van der Waals surface area contributed by atoms with Gasteiger partial charge in [0, 0.05) is 48.8 Å². The van der Waals surface area contributed by atoms with Gasteiger partial charge >= 0.3 is 0 Å². The van der Waals surface area contributed by atoms with Crippen molar-refractivity contribution in [3.63, 3.8) is 0 Å². The van der Waals surface area contributed by atoms with Gasteiger partial charge in [-0.2, -0.15) is 0 Å². The van der Waals surface area contributed by atoms with E-state index in [0.717, 1.165) is 43.2 Å². The molecule has 114 valence electrons. The van der Waals surface area contributed by atoms with Crippen LogP contribution in [0.3, 0.4) is 0 Å². The monoisotopic (exact) mass is 312 g/mol. The summed E-state index contributed by atoms with van der Waals surface area (Å²) >= 11 is 6.10. The van der Waals surface area contributed by atoms with Crippen LogP contribution in [0.25, 0.3) is 0 Å². The van der Waals surface area contributed by atoms with Crippen molar-refractivity contribution in [1.82, 2.24) is 4.90 Å². The Morgan fingerprint density at radius 3 is 2.36 bits per heavy atom. The van der Waals surface area contributed by atoms with Gasteiger partial charge in [-0.15, -0.1) is 0 Å². The minimum absolute atomic E-state index is 0.749. The molecule has 0 N–H and O–H groups in total. The van der Waals surface area contributed by atoms with Crippen molar-refractivity contribution < 1.29 is 0 Å². The fourth-order valence-corrected chi connectivity index (χ4v) is 3.81. The molecule has 2 nitrogen and oxygen atoms in total. The summed E-state index contributed by atoms with van der Waals surface area (Å²) in [4.78, 5) is 5.11. The molecule has 0 radical (unpaired) electrons. The number of anilines is 1. The number of hydrogen-bond donors (Lipinski definition) is 0.